The lowest BCUT2D eigenvalue weighted by molar-refractivity contribution is -0.147. The van der Waals surface area contributed by atoms with Crippen LogP contribution in [0.1, 0.15) is 24.4 Å². The number of carbonyl (C=O) groups is 1. The van der Waals surface area contributed by atoms with Gasteiger partial charge in [0.05, 0.1) is 24.7 Å². The summed E-state index contributed by atoms with van der Waals surface area (Å²) in [6.45, 7) is 2.98. The molecule has 1 amide bonds. The van der Waals surface area contributed by atoms with Crippen molar-refractivity contribution in [2.45, 2.75) is 19.1 Å². The Labute approximate surface area is 146 Å². The first kappa shape index (κ1) is 17.0. The van der Waals surface area contributed by atoms with E-state index in [2.05, 4.69) is 11.1 Å². The monoisotopic (exact) mass is 340 g/mol. The number of ether oxygens (including phenoxy) is 2. The topological polar surface area (TPSA) is 80.4 Å². The van der Waals surface area contributed by atoms with Crippen LogP contribution >= 0.6 is 0 Å². The average Bonchev–Trinajstić information content (AvgIpc) is 3.02. The molecule has 0 bridgehead atoms. The number of amides is 1. The highest BCUT2D eigenvalue weighted by Gasteiger charge is 2.32. The third-order valence-corrected chi connectivity index (χ3v) is 4.17. The Bertz CT molecular complexity index is 772. The zero-order valence-electron chi connectivity index (χ0n) is 14.3. The fourth-order valence-electron chi connectivity index (χ4n) is 2.65. The molecule has 1 aliphatic heterocycles. The number of benzene rings is 1. The second kappa shape index (κ2) is 7.36. The number of nitriles is 1. The number of hydrogen-bond donors (Lipinski definition) is 0. The Hall–Kier alpha value is -2.85. The van der Waals surface area contributed by atoms with Crippen molar-refractivity contribution in [3.63, 3.8) is 0 Å². The van der Waals surface area contributed by atoms with E-state index in [0.717, 1.165) is 5.82 Å². The Morgan fingerprint density at radius 3 is 2.72 bits per heavy atom. The minimum atomic E-state index is -0.240. The SMILES string of the molecule is CC(OCC(=O)N1CC(Oc2ccc(C#N)cc2)C1)c1nccn1C. The molecule has 1 fully saturated rings. The molecule has 130 valence electrons. The normalized spacial score (nSPS) is 15.3. The molecule has 1 unspecified atom stereocenters. The number of aryl methyl sites for hydroxylation is 1. The molecule has 1 saturated heterocycles. The first-order valence-electron chi connectivity index (χ1n) is 8.10. The molecule has 1 atom stereocenters. The van der Waals surface area contributed by atoms with Crippen LogP contribution in [0, 0.1) is 11.3 Å². The van der Waals surface area contributed by atoms with Crippen LogP contribution in [0.2, 0.25) is 0 Å². The highest BCUT2D eigenvalue weighted by Crippen LogP contribution is 2.19. The Kier molecular flexibility index (Phi) is 5.00. The Morgan fingerprint density at radius 2 is 2.12 bits per heavy atom. The predicted octanol–water partition coefficient (Wildman–Crippen LogP) is 1.66. The van der Waals surface area contributed by atoms with Gasteiger partial charge in [-0.05, 0) is 31.2 Å². The summed E-state index contributed by atoms with van der Waals surface area (Å²) in [7, 11) is 1.89. The molecule has 0 N–H and O–H groups in total. The van der Waals surface area contributed by atoms with Gasteiger partial charge in [0.1, 0.15) is 30.4 Å². The van der Waals surface area contributed by atoms with Gasteiger partial charge < -0.3 is 18.9 Å². The maximum atomic E-state index is 12.1. The lowest BCUT2D eigenvalue weighted by atomic mass is 10.1. The summed E-state index contributed by atoms with van der Waals surface area (Å²) in [6.07, 6.45) is 3.29. The van der Waals surface area contributed by atoms with Crippen molar-refractivity contribution in [2.75, 3.05) is 19.7 Å². The number of likely N-dealkylation sites (tertiary alicyclic amines) is 1. The number of aromatic nitrogens is 2. The smallest absolute Gasteiger partial charge is 0.248 e. The van der Waals surface area contributed by atoms with Crippen LogP contribution in [0.3, 0.4) is 0 Å². The highest BCUT2D eigenvalue weighted by molar-refractivity contribution is 5.78. The highest BCUT2D eigenvalue weighted by atomic mass is 16.5. The van der Waals surface area contributed by atoms with E-state index in [4.69, 9.17) is 14.7 Å². The van der Waals surface area contributed by atoms with Crippen LogP contribution in [0.5, 0.6) is 5.75 Å². The molecule has 3 rings (SSSR count). The van der Waals surface area contributed by atoms with Gasteiger partial charge in [-0.2, -0.15) is 5.26 Å². The van der Waals surface area contributed by atoms with Crippen molar-refractivity contribution in [1.29, 1.82) is 5.26 Å². The summed E-state index contributed by atoms with van der Waals surface area (Å²) in [6, 6.07) is 9.02. The minimum absolute atomic E-state index is 0.0242. The van der Waals surface area contributed by atoms with E-state index in [-0.39, 0.29) is 24.7 Å². The molecule has 7 nitrogen and oxygen atoms in total. The summed E-state index contributed by atoms with van der Waals surface area (Å²) in [5.41, 5.74) is 0.594. The molecule has 2 heterocycles. The van der Waals surface area contributed by atoms with E-state index < -0.39 is 0 Å². The summed E-state index contributed by atoms with van der Waals surface area (Å²) >= 11 is 0. The third-order valence-electron chi connectivity index (χ3n) is 4.17. The van der Waals surface area contributed by atoms with Gasteiger partial charge in [-0.3, -0.25) is 4.79 Å². The van der Waals surface area contributed by atoms with Gasteiger partial charge in [0.2, 0.25) is 5.91 Å². The van der Waals surface area contributed by atoms with Crippen molar-refractivity contribution in [2.24, 2.45) is 7.05 Å². The summed E-state index contributed by atoms with van der Waals surface area (Å²) in [4.78, 5) is 18.1. The Balaban J connectivity index is 1.40. The van der Waals surface area contributed by atoms with Gasteiger partial charge in [-0.1, -0.05) is 0 Å². The Morgan fingerprint density at radius 1 is 1.40 bits per heavy atom. The van der Waals surface area contributed by atoms with Crippen molar-refractivity contribution >= 4 is 5.91 Å². The van der Waals surface area contributed by atoms with Gasteiger partial charge >= 0.3 is 0 Å². The molecule has 0 radical (unpaired) electrons. The summed E-state index contributed by atoms with van der Waals surface area (Å²) < 4.78 is 13.3. The molecule has 7 heteroatoms. The van der Waals surface area contributed by atoms with Crippen molar-refractivity contribution in [3.05, 3.63) is 48.0 Å². The molecule has 1 aromatic carbocycles. The van der Waals surface area contributed by atoms with E-state index >= 15 is 0 Å². The van der Waals surface area contributed by atoms with Crippen molar-refractivity contribution < 1.29 is 14.3 Å². The molecule has 0 saturated carbocycles. The van der Waals surface area contributed by atoms with Crippen molar-refractivity contribution in [1.82, 2.24) is 14.5 Å². The first-order valence-corrected chi connectivity index (χ1v) is 8.10. The molecule has 0 spiro atoms. The number of rotatable bonds is 6. The maximum absolute atomic E-state index is 12.1. The second-order valence-corrected chi connectivity index (χ2v) is 6.02. The summed E-state index contributed by atoms with van der Waals surface area (Å²) in [5.74, 6) is 1.44. The maximum Gasteiger partial charge on any atom is 0.248 e. The molecule has 25 heavy (non-hydrogen) atoms. The van der Waals surface area contributed by atoms with Gasteiger partial charge in [0, 0.05) is 19.4 Å². The largest absolute Gasteiger partial charge is 0.487 e. The lowest BCUT2D eigenvalue weighted by Gasteiger charge is -2.39. The van der Waals surface area contributed by atoms with Crippen LogP contribution in [0.25, 0.3) is 0 Å². The average molecular weight is 340 g/mol. The van der Waals surface area contributed by atoms with E-state index in [1.54, 1.807) is 35.4 Å². The number of imidazole rings is 1. The fraction of sp³-hybridized carbons (Fsp3) is 0.389. The molecule has 0 aliphatic carbocycles. The van der Waals surface area contributed by atoms with Crippen LogP contribution in [-0.4, -0.2) is 46.2 Å². The van der Waals surface area contributed by atoms with E-state index in [1.807, 2.05) is 24.7 Å². The zero-order valence-corrected chi connectivity index (χ0v) is 14.3. The third kappa shape index (κ3) is 3.98. The van der Waals surface area contributed by atoms with E-state index in [1.165, 1.54) is 0 Å². The quantitative estimate of drug-likeness (QED) is 0.799. The summed E-state index contributed by atoms with van der Waals surface area (Å²) in [5, 5.41) is 8.78. The molecular formula is C18H20N4O3. The minimum Gasteiger partial charge on any atom is -0.487 e. The van der Waals surface area contributed by atoms with E-state index in [0.29, 0.717) is 24.4 Å². The van der Waals surface area contributed by atoms with Gasteiger partial charge in [-0.25, -0.2) is 4.98 Å². The van der Waals surface area contributed by atoms with Crippen molar-refractivity contribution in [3.8, 4) is 11.8 Å². The number of hydrogen-bond acceptors (Lipinski definition) is 5. The van der Waals surface area contributed by atoms with Gasteiger partial charge in [0.25, 0.3) is 0 Å². The van der Waals surface area contributed by atoms with Gasteiger partial charge in [0.15, 0.2) is 0 Å². The van der Waals surface area contributed by atoms with E-state index in [9.17, 15) is 4.79 Å². The number of nitrogens with zero attached hydrogens (tertiary/aromatic N) is 4. The zero-order chi connectivity index (χ0) is 17.8. The first-order chi connectivity index (χ1) is 12.1. The standard InChI is InChI=1S/C18H20N4O3/c1-13(18-20-7-8-21(18)2)24-12-17(23)22-10-16(11-22)25-15-5-3-14(9-19)4-6-15/h3-8,13,16H,10-12H2,1-2H3. The fourth-order valence-corrected chi connectivity index (χ4v) is 2.65. The second-order valence-electron chi connectivity index (χ2n) is 6.02. The van der Waals surface area contributed by atoms with Crippen LogP contribution in [0.15, 0.2) is 36.7 Å². The molecule has 1 aromatic heterocycles. The van der Waals surface area contributed by atoms with Gasteiger partial charge in [-0.15, -0.1) is 0 Å². The predicted molar refractivity (Wildman–Crippen MR) is 89.7 cm³/mol. The lowest BCUT2D eigenvalue weighted by Crippen LogP contribution is -2.57. The number of carbonyl (C=O) groups excluding carboxylic acids is 1. The van der Waals surface area contributed by atoms with Crippen LogP contribution < -0.4 is 4.74 Å². The van der Waals surface area contributed by atoms with Crippen LogP contribution in [0.4, 0.5) is 0 Å². The molecular weight excluding hydrogens is 320 g/mol. The van der Waals surface area contributed by atoms with Crippen LogP contribution in [-0.2, 0) is 16.6 Å². The molecule has 2 aromatic rings. The molecule has 1 aliphatic rings.